The van der Waals surface area contributed by atoms with E-state index in [-0.39, 0.29) is 31.4 Å². The van der Waals surface area contributed by atoms with E-state index in [4.69, 9.17) is 4.99 Å². The van der Waals surface area contributed by atoms with Gasteiger partial charge >= 0.3 is 6.03 Å². The van der Waals surface area contributed by atoms with Gasteiger partial charge in [-0.05, 0) is 68.0 Å². The summed E-state index contributed by atoms with van der Waals surface area (Å²) in [6, 6.07) is 2.93. The number of amidine groups is 1. The number of hydrogen-bond acceptors (Lipinski definition) is 6. The third-order valence-electron chi connectivity index (χ3n) is 8.04. The van der Waals surface area contributed by atoms with Crippen molar-refractivity contribution in [2.24, 2.45) is 4.99 Å². The average Bonchev–Trinajstić information content (AvgIpc) is 3.40. The van der Waals surface area contributed by atoms with Crippen LogP contribution < -0.4 is 15.5 Å². The summed E-state index contributed by atoms with van der Waals surface area (Å²) in [4.78, 5) is 42.7. The molecule has 218 valence electrons. The maximum absolute atomic E-state index is 13.2. The zero-order chi connectivity index (χ0) is 28.9. The maximum atomic E-state index is 13.2. The Kier molecular flexibility index (Phi) is 9.45. The molecule has 0 atom stereocenters. The number of aryl methyl sites for hydroxylation is 2. The van der Waals surface area contributed by atoms with Gasteiger partial charge in [0.25, 0.3) is 11.8 Å². The Hall–Kier alpha value is -3.05. The molecule has 0 bridgehead atoms. The Morgan fingerprint density at radius 1 is 0.975 bits per heavy atom. The van der Waals surface area contributed by atoms with Crippen LogP contribution in [0.25, 0.3) is 6.08 Å². The largest absolute Gasteiger partial charge is 0.329 e. The van der Waals surface area contributed by atoms with E-state index in [1.807, 2.05) is 13.8 Å². The number of nitrogens with zero attached hydrogens (tertiary/aromatic N) is 3. The molecule has 11 heteroatoms. The van der Waals surface area contributed by atoms with Crippen LogP contribution in [-0.2, 0) is 19.6 Å². The second kappa shape index (κ2) is 12.6. The van der Waals surface area contributed by atoms with Gasteiger partial charge in [0.15, 0.2) is 0 Å². The highest BCUT2D eigenvalue weighted by Crippen LogP contribution is 2.32. The van der Waals surface area contributed by atoms with Crippen LogP contribution in [0.2, 0.25) is 0 Å². The molecule has 1 aromatic carbocycles. The highest BCUT2D eigenvalue weighted by molar-refractivity contribution is 7.92. The molecule has 4 amide bonds. The van der Waals surface area contributed by atoms with Gasteiger partial charge in [-0.2, -0.15) is 4.31 Å². The fourth-order valence-corrected chi connectivity index (χ4v) is 6.84. The third-order valence-corrected chi connectivity index (χ3v) is 9.61. The van der Waals surface area contributed by atoms with Crippen LogP contribution in [0.15, 0.2) is 22.5 Å². The number of sulfonamides is 1. The molecule has 1 spiro atoms. The minimum absolute atomic E-state index is 0.0403. The smallest absolute Gasteiger partial charge is 0.328 e. The lowest BCUT2D eigenvalue weighted by atomic mass is 9.89. The molecule has 3 aliphatic rings. The quantitative estimate of drug-likeness (QED) is 0.288. The van der Waals surface area contributed by atoms with E-state index >= 15 is 0 Å². The summed E-state index contributed by atoms with van der Waals surface area (Å²) in [6.45, 7) is 6.23. The SMILES string of the molecule is CCCCCCCCCC1=NC2(CCN(S(=O)(=O)C=Cc3c(C)cc(N4C(=O)CNC4=O)cc3C)CC2)C(=O)N1. The standard InChI is InChI=1S/C29H41N5O5S/c1-4-5-6-7-8-9-10-11-25-31-27(36)29(32-25)13-15-33(16-14-29)40(38,39)17-12-24-21(2)18-23(19-22(24)3)34-26(35)20-30-28(34)37/h12,17-19H,4-11,13-16,20H2,1-3H3,(H,30,37)(H,31,32,36). The van der Waals surface area contributed by atoms with E-state index in [1.54, 1.807) is 18.2 Å². The van der Waals surface area contributed by atoms with Crippen LogP contribution in [0.3, 0.4) is 0 Å². The number of carbonyl (C=O) groups excluding carboxylic acids is 3. The number of imide groups is 1. The molecule has 1 aromatic rings. The summed E-state index contributed by atoms with van der Waals surface area (Å²) in [5.74, 6) is 0.287. The van der Waals surface area contributed by atoms with Crippen molar-refractivity contribution >= 4 is 45.5 Å². The number of amides is 4. The number of rotatable bonds is 12. The third kappa shape index (κ3) is 6.63. The predicted molar refractivity (Wildman–Crippen MR) is 156 cm³/mol. The Morgan fingerprint density at radius 2 is 1.60 bits per heavy atom. The number of aliphatic imine (C=N–C) groups is 1. The van der Waals surface area contributed by atoms with Gasteiger partial charge in [0, 0.05) is 24.9 Å². The lowest BCUT2D eigenvalue weighted by Crippen LogP contribution is -2.50. The summed E-state index contributed by atoms with van der Waals surface area (Å²) in [7, 11) is -3.72. The van der Waals surface area contributed by atoms with Gasteiger partial charge in [0.05, 0.1) is 12.2 Å². The minimum atomic E-state index is -3.72. The van der Waals surface area contributed by atoms with Crippen molar-refractivity contribution in [1.29, 1.82) is 0 Å². The highest BCUT2D eigenvalue weighted by Gasteiger charge is 2.46. The first-order chi connectivity index (χ1) is 19.1. The Bertz CT molecular complexity index is 1270. The normalized spacial score (nSPS) is 19.5. The molecule has 3 aliphatic heterocycles. The van der Waals surface area contributed by atoms with Gasteiger partial charge in [-0.25, -0.2) is 18.1 Å². The summed E-state index contributed by atoms with van der Waals surface area (Å²) in [5, 5.41) is 6.64. The van der Waals surface area contributed by atoms with E-state index in [0.29, 0.717) is 24.1 Å². The lowest BCUT2D eigenvalue weighted by molar-refractivity contribution is -0.125. The highest BCUT2D eigenvalue weighted by atomic mass is 32.2. The zero-order valence-electron chi connectivity index (χ0n) is 23.8. The molecule has 0 aliphatic carbocycles. The van der Waals surface area contributed by atoms with Gasteiger partial charge in [-0.1, -0.05) is 45.4 Å². The van der Waals surface area contributed by atoms with Crippen LogP contribution in [0.4, 0.5) is 10.5 Å². The number of anilines is 1. The van der Waals surface area contributed by atoms with E-state index in [0.717, 1.165) is 41.1 Å². The van der Waals surface area contributed by atoms with Crippen LogP contribution in [0.5, 0.6) is 0 Å². The molecule has 4 rings (SSSR count). The molecular formula is C29H41N5O5S. The van der Waals surface area contributed by atoms with Crippen molar-refractivity contribution in [3.05, 3.63) is 34.2 Å². The van der Waals surface area contributed by atoms with Crippen LogP contribution >= 0.6 is 0 Å². The van der Waals surface area contributed by atoms with E-state index in [1.165, 1.54) is 41.8 Å². The Labute approximate surface area is 237 Å². The van der Waals surface area contributed by atoms with E-state index in [9.17, 15) is 22.8 Å². The molecule has 3 heterocycles. The number of hydrogen-bond donors (Lipinski definition) is 2. The Morgan fingerprint density at radius 3 is 2.20 bits per heavy atom. The monoisotopic (exact) mass is 571 g/mol. The molecular weight excluding hydrogens is 530 g/mol. The van der Waals surface area contributed by atoms with Crippen LogP contribution in [0.1, 0.15) is 87.8 Å². The second-order valence-corrected chi connectivity index (χ2v) is 12.9. The summed E-state index contributed by atoms with van der Waals surface area (Å²) in [6.07, 6.45) is 11.4. The number of nitrogens with one attached hydrogen (secondary N) is 2. The van der Waals surface area contributed by atoms with E-state index < -0.39 is 21.6 Å². The first kappa shape index (κ1) is 29.9. The molecule has 2 N–H and O–H groups in total. The topological polar surface area (TPSA) is 128 Å². The van der Waals surface area contributed by atoms with Gasteiger partial charge in [-0.15, -0.1) is 0 Å². The van der Waals surface area contributed by atoms with Crippen molar-refractivity contribution < 1.29 is 22.8 Å². The van der Waals surface area contributed by atoms with Gasteiger partial charge < -0.3 is 10.6 Å². The second-order valence-electron chi connectivity index (χ2n) is 11.0. The first-order valence-corrected chi connectivity index (χ1v) is 15.9. The minimum Gasteiger partial charge on any atom is -0.328 e. The zero-order valence-corrected chi connectivity index (χ0v) is 24.6. The van der Waals surface area contributed by atoms with Crippen molar-refractivity contribution in [2.75, 3.05) is 24.5 Å². The molecule has 0 saturated carbocycles. The van der Waals surface area contributed by atoms with Crippen molar-refractivity contribution in [1.82, 2.24) is 14.9 Å². The lowest BCUT2D eigenvalue weighted by Gasteiger charge is -2.34. The fourth-order valence-electron chi connectivity index (χ4n) is 5.67. The molecule has 0 aromatic heterocycles. The summed E-state index contributed by atoms with van der Waals surface area (Å²) < 4.78 is 27.7. The fraction of sp³-hybridized carbons (Fsp3) is 0.586. The predicted octanol–water partition coefficient (Wildman–Crippen LogP) is 4.16. The van der Waals surface area contributed by atoms with Gasteiger partial charge in [-0.3, -0.25) is 14.6 Å². The Balaban J connectivity index is 1.34. The molecule has 2 saturated heterocycles. The molecule has 2 fully saturated rings. The van der Waals surface area contributed by atoms with Gasteiger partial charge in [0.1, 0.15) is 11.4 Å². The van der Waals surface area contributed by atoms with Crippen molar-refractivity contribution in [3.8, 4) is 0 Å². The van der Waals surface area contributed by atoms with Crippen molar-refractivity contribution in [2.45, 2.75) is 90.5 Å². The summed E-state index contributed by atoms with van der Waals surface area (Å²) in [5.41, 5.74) is 1.80. The van der Waals surface area contributed by atoms with Crippen molar-refractivity contribution in [3.63, 3.8) is 0 Å². The number of piperidine rings is 1. The van der Waals surface area contributed by atoms with Crippen LogP contribution in [-0.4, -0.2) is 61.6 Å². The maximum Gasteiger partial charge on any atom is 0.329 e. The van der Waals surface area contributed by atoms with Gasteiger partial charge in [0.2, 0.25) is 10.0 Å². The number of unbranched alkanes of at least 4 members (excludes halogenated alkanes) is 6. The molecule has 0 unspecified atom stereocenters. The number of urea groups is 1. The molecule has 0 radical (unpaired) electrons. The first-order valence-electron chi connectivity index (χ1n) is 14.4. The summed E-state index contributed by atoms with van der Waals surface area (Å²) >= 11 is 0. The number of carbonyl (C=O) groups is 3. The molecule has 10 nitrogen and oxygen atoms in total. The average molecular weight is 572 g/mol. The molecule has 40 heavy (non-hydrogen) atoms. The van der Waals surface area contributed by atoms with E-state index in [2.05, 4.69) is 17.6 Å². The van der Waals surface area contributed by atoms with Crippen LogP contribution in [0, 0.1) is 13.8 Å². The number of benzene rings is 1.